The van der Waals surface area contributed by atoms with Crippen LogP contribution >= 0.6 is 0 Å². The summed E-state index contributed by atoms with van der Waals surface area (Å²) in [6, 6.07) is 14.7. The second-order valence-corrected chi connectivity index (χ2v) is 6.65. The first-order valence-corrected chi connectivity index (χ1v) is 8.30. The monoisotopic (exact) mass is 314 g/mol. The van der Waals surface area contributed by atoms with Gasteiger partial charge in [0.15, 0.2) is 0 Å². The minimum absolute atomic E-state index is 0.374. The summed E-state index contributed by atoms with van der Waals surface area (Å²) in [5.41, 5.74) is 2.78. The molecule has 1 aromatic heterocycles. The van der Waals surface area contributed by atoms with E-state index < -0.39 is 16.3 Å². The van der Waals surface area contributed by atoms with Crippen LogP contribution in [-0.4, -0.2) is 13.0 Å². The number of hydrogen-bond acceptors (Lipinski definition) is 3. The van der Waals surface area contributed by atoms with E-state index in [4.69, 9.17) is 4.18 Å². The fraction of sp³-hybridized carbons (Fsp3) is 0.125. The lowest BCUT2D eigenvalue weighted by molar-refractivity contribution is 0.442. The largest absolute Gasteiger partial charge is 0.383 e. The average molecular weight is 314 g/mol. The molecule has 0 bridgehead atoms. The molecule has 1 N–H and O–H groups in total. The number of fused-ring (bicyclic) bond motifs is 2. The molecule has 2 aromatic carbocycles. The van der Waals surface area contributed by atoms with Crippen molar-refractivity contribution in [3.63, 3.8) is 0 Å². The second-order valence-electron chi connectivity index (χ2n) is 5.34. The quantitative estimate of drug-likeness (QED) is 0.751. The van der Waals surface area contributed by atoms with Gasteiger partial charge in [0.2, 0.25) is 0 Å². The van der Waals surface area contributed by atoms with E-state index in [1.807, 2.05) is 54.2 Å². The van der Waals surface area contributed by atoms with E-state index in [1.54, 1.807) is 12.1 Å². The highest BCUT2D eigenvalue weighted by molar-refractivity contribution is 7.85. The lowest BCUT2D eigenvalue weighted by atomic mass is 9.98. The van der Waals surface area contributed by atoms with Crippen LogP contribution in [-0.2, 0) is 17.4 Å². The summed E-state index contributed by atoms with van der Waals surface area (Å²) in [4.78, 5) is 0. The number of nitrogens with one attached hydrogen (secondary N) is 1. The van der Waals surface area contributed by atoms with Gasteiger partial charge in [0.05, 0.1) is 6.04 Å². The van der Waals surface area contributed by atoms with Gasteiger partial charge in [0.25, 0.3) is 0 Å². The van der Waals surface area contributed by atoms with Crippen LogP contribution in [0.25, 0.3) is 10.9 Å². The van der Waals surface area contributed by atoms with E-state index in [-0.39, 0.29) is 0 Å². The number of benzene rings is 2. The molecule has 0 saturated carbocycles. The van der Waals surface area contributed by atoms with Gasteiger partial charge in [-0.15, -0.1) is 0 Å². The Kier molecular flexibility index (Phi) is 2.79. The standard InChI is InChI=1S/C16H14N2O3S/c1-18-10-13(11-6-2-4-8-14(11)18)16-12-7-3-5-9-15(12)21-22(19,20)17-16/h2-10,16-17H,1H3. The fourth-order valence-electron chi connectivity index (χ4n) is 2.98. The van der Waals surface area contributed by atoms with Crippen molar-refractivity contribution in [1.82, 2.24) is 9.29 Å². The Morgan fingerprint density at radius 1 is 1.05 bits per heavy atom. The summed E-state index contributed by atoms with van der Waals surface area (Å²) in [5, 5.41) is 1.02. The number of rotatable bonds is 1. The third-order valence-corrected chi connectivity index (χ3v) is 4.85. The number of aromatic nitrogens is 1. The molecule has 2 heterocycles. The zero-order valence-electron chi connectivity index (χ0n) is 11.9. The predicted molar refractivity (Wildman–Crippen MR) is 83.9 cm³/mol. The predicted octanol–water partition coefficient (Wildman–Crippen LogP) is 2.49. The SMILES string of the molecule is Cn1cc(C2NS(=O)(=O)Oc3ccccc32)c2ccccc21. The molecule has 0 spiro atoms. The first kappa shape index (κ1) is 13.4. The molecule has 6 heteroatoms. The Hall–Kier alpha value is -2.31. The highest BCUT2D eigenvalue weighted by atomic mass is 32.2. The van der Waals surface area contributed by atoms with Gasteiger partial charge < -0.3 is 8.75 Å². The van der Waals surface area contributed by atoms with Crippen molar-refractivity contribution in [2.75, 3.05) is 0 Å². The van der Waals surface area contributed by atoms with Crippen LogP contribution < -0.4 is 8.91 Å². The lowest BCUT2D eigenvalue weighted by Crippen LogP contribution is -2.37. The number of para-hydroxylation sites is 2. The van der Waals surface area contributed by atoms with Gasteiger partial charge in [0.1, 0.15) is 5.75 Å². The third kappa shape index (κ3) is 2.00. The Balaban J connectivity index is 1.98. The number of aryl methyl sites for hydroxylation is 1. The van der Waals surface area contributed by atoms with E-state index in [0.29, 0.717) is 5.75 Å². The molecule has 22 heavy (non-hydrogen) atoms. The zero-order valence-corrected chi connectivity index (χ0v) is 12.7. The van der Waals surface area contributed by atoms with Crippen molar-refractivity contribution >= 4 is 21.2 Å². The second kappa shape index (κ2) is 4.59. The van der Waals surface area contributed by atoms with Crippen molar-refractivity contribution in [2.24, 2.45) is 7.05 Å². The van der Waals surface area contributed by atoms with Crippen LogP contribution in [0.15, 0.2) is 54.7 Å². The summed E-state index contributed by atoms with van der Waals surface area (Å²) < 4.78 is 33.6. The topological polar surface area (TPSA) is 60.3 Å². The molecule has 1 atom stereocenters. The van der Waals surface area contributed by atoms with Crippen LogP contribution in [0.1, 0.15) is 17.2 Å². The lowest BCUT2D eigenvalue weighted by Gasteiger charge is -2.26. The highest BCUT2D eigenvalue weighted by Gasteiger charge is 2.32. The zero-order chi connectivity index (χ0) is 15.3. The molecular formula is C16H14N2O3S. The van der Waals surface area contributed by atoms with Gasteiger partial charge in [-0.1, -0.05) is 36.4 Å². The molecule has 1 aliphatic heterocycles. The normalized spacial score (nSPS) is 19.6. The molecule has 4 rings (SSSR count). The van der Waals surface area contributed by atoms with Gasteiger partial charge in [-0.3, -0.25) is 0 Å². The maximum atomic E-state index is 12.0. The van der Waals surface area contributed by atoms with Gasteiger partial charge >= 0.3 is 10.3 Å². The summed E-state index contributed by atoms with van der Waals surface area (Å²) in [5.74, 6) is 0.374. The Bertz CT molecular complexity index is 976. The van der Waals surface area contributed by atoms with Crippen molar-refractivity contribution in [3.8, 4) is 5.75 Å². The van der Waals surface area contributed by atoms with Crippen molar-refractivity contribution < 1.29 is 12.6 Å². The van der Waals surface area contributed by atoms with Crippen LogP contribution in [0.5, 0.6) is 5.75 Å². The molecule has 1 aliphatic rings. The summed E-state index contributed by atoms with van der Waals surface area (Å²) >= 11 is 0. The van der Waals surface area contributed by atoms with Crippen molar-refractivity contribution in [1.29, 1.82) is 0 Å². The van der Waals surface area contributed by atoms with Gasteiger partial charge in [-0.05, 0) is 12.1 Å². The maximum absolute atomic E-state index is 12.0. The summed E-state index contributed by atoms with van der Waals surface area (Å²) in [6.45, 7) is 0. The smallest absolute Gasteiger partial charge is 0.371 e. The van der Waals surface area contributed by atoms with Crippen LogP contribution in [0, 0.1) is 0 Å². The molecule has 0 aliphatic carbocycles. The maximum Gasteiger partial charge on any atom is 0.383 e. The Morgan fingerprint density at radius 2 is 1.77 bits per heavy atom. The van der Waals surface area contributed by atoms with Gasteiger partial charge in [-0.25, -0.2) is 0 Å². The first-order valence-electron chi connectivity index (χ1n) is 6.90. The molecule has 112 valence electrons. The minimum Gasteiger partial charge on any atom is -0.371 e. The van der Waals surface area contributed by atoms with Crippen LogP contribution in [0.2, 0.25) is 0 Å². The molecule has 0 amide bonds. The highest BCUT2D eigenvalue weighted by Crippen LogP contribution is 2.38. The molecule has 5 nitrogen and oxygen atoms in total. The van der Waals surface area contributed by atoms with Gasteiger partial charge in [0, 0.05) is 35.3 Å². The summed E-state index contributed by atoms with van der Waals surface area (Å²) in [7, 11) is -1.86. The van der Waals surface area contributed by atoms with Crippen molar-refractivity contribution in [3.05, 3.63) is 65.9 Å². The molecular weight excluding hydrogens is 300 g/mol. The molecule has 3 aromatic rings. The van der Waals surface area contributed by atoms with Crippen LogP contribution in [0.4, 0.5) is 0 Å². The molecule has 0 saturated heterocycles. The fourth-order valence-corrected chi connectivity index (χ4v) is 3.96. The molecule has 0 fully saturated rings. The number of hydrogen-bond donors (Lipinski definition) is 1. The Labute approximate surface area is 128 Å². The molecule has 0 radical (unpaired) electrons. The third-order valence-electron chi connectivity index (χ3n) is 3.93. The minimum atomic E-state index is -3.81. The van der Waals surface area contributed by atoms with Crippen molar-refractivity contribution in [2.45, 2.75) is 6.04 Å². The van der Waals surface area contributed by atoms with E-state index >= 15 is 0 Å². The van der Waals surface area contributed by atoms with Crippen LogP contribution in [0.3, 0.4) is 0 Å². The average Bonchev–Trinajstić information content (AvgIpc) is 2.83. The summed E-state index contributed by atoms with van der Waals surface area (Å²) in [6.07, 6.45) is 1.96. The van der Waals surface area contributed by atoms with E-state index in [1.165, 1.54) is 0 Å². The van der Waals surface area contributed by atoms with Gasteiger partial charge in [-0.2, -0.15) is 13.1 Å². The Morgan fingerprint density at radius 3 is 2.64 bits per heavy atom. The van der Waals surface area contributed by atoms with E-state index in [2.05, 4.69) is 4.72 Å². The first-order chi connectivity index (χ1) is 10.6. The van der Waals surface area contributed by atoms with E-state index in [0.717, 1.165) is 22.0 Å². The number of nitrogens with zero attached hydrogens (tertiary/aromatic N) is 1. The molecule has 1 unspecified atom stereocenters. The van der Waals surface area contributed by atoms with E-state index in [9.17, 15) is 8.42 Å².